The van der Waals surface area contributed by atoms with E-state index in [1.54, 1.807) is 19.2 Å². The number of carboxylic acid groups (broad SMARTS) is 1. The second-order valence-corrected chi connectivity index (χ2v) is 12.0. The molecule has 4 heterocycles. The Balaban J connectivity index is 1.51. The number of allylic oxidation sites excluding steroid dienone is 1. The molecule has 5 rings (SSSR count). The van der Waals surface area contributed by atoms with Crippen LogP contribution in [0, 0.1) is 6.92 Å². The van der Waals surface area contributed by atoms with Gasteiger partial charge >= 0.3 is 5.97 Å². The Hall–Kier alpha value is -3.63. The molecular formula is C29H36N6O3S. The van der Waals surface area contributed by atoms with Gasteiger partial charge in [0.15, 0.2) is 0 Å². The van der Waals surface area contributed by atoms with Crippen molar-refractivity contribution in [3.05, 3.63) is 76.2 Å². The van der Waals surface area contributed by atoms with E-state index in [9.17, 15) is 14.1 Å². The lowest BCUT2D eigenvalue weighted by Gasteiger charge is -2.26. The molecule has 39 heavy (non-hydrogen) atoms. The van der Waals surface area contributed by atoms with Gasteiger partial charge in [0.25, 0.3) is 0 Å². The monoisotopic (exact) mass is 548 g/mol. The van der Waals surface area contributed by atoms with E-state index in [2.05, 4.69) is 16.0 Å². The van der Waals surface area contributed by atoms with Crippen LogP contribution in [0.15, 0.2) is 53.2 Å². The van der Waals surface area contributed by atoms with Crippen LogP contribution in [0.1, 0.15) is 60.1 Å². The first-order chi connectivity index (χ1) is 18.6. The number of rotatable bonds is 7. The molecule has 0 bridgehead atoms. The van der Waals surface area contributed by atoms with Gasteiger partial charge in [0.05, 0.1) is 11.3 Å². The summed E-state index contributed by atoms with van der Waals surface area (Å²) in [5, 5.41) is 9.82. The summed E-state index contributed by atoms with van der Waals surface area (Å²) >= 11 is 0. The summed E-state index contributed by atoms with van der Waals surface area (Å²) in [5.74, 6) is 0.0462. The zero-order valence-electron chi connectivity index (χ0n) is 22.6. The predicted octanol–water partition coefficient (Wildman–Crippen LogP) is 3.74. The van der Waals surface area contributed by atoms with Crippen LogP contribution in [0.5, 0.6) is 0 Å². The average molecular weight is 549 g/mol. The van der Waals surface area contributed by atoms with Gasteiger partial charge in [0.1, 0.15) is 22.6 Å². The topological polar surface area (TPSA) is 131 Å². The lowest BCUT2D eigenvalue weighted by molar-refractivity contribution is -0.137. The number of carboxylic acids is 1. The third-order valence-corrected chi connectivity index (χ3v) is 9.27. The van der Waals surface area contributed by atoms with Crippen LogP contribution in [0.4, 0.5) is 11.6 Å². The highest BCUT2D eigenvalue weighted by molar-refractivity contribution is 7.82. The standard InChI is InChI=1S/C29H36N6O3S/c1-18-8-9-20(24(15-27(36)37)25-14-21(12-19(2)30)28(31)33(25)3)13-22(18)16-34-17-23-6-5-11-35(23)29-26(39(34)38)7-4-10-32-29/h4,7-10,12-14,23-24H,5-6,11,15-17,30-31H2,1-3H3,(H,36,37)/b19-12-. The zero-order chi connectivity index (χ0) is 27.8. The molecular weight excluding hydrogens is 512 g/mol. The van der Waals surface area contributed by atoms with Crippen LogP contribution in [0.25, 0.3) is 6.08 Å². The molecule has 3 aromatic rings. The van der Waals surface area contributed by atoms with E-state index in [-0.39, 0.29) is 12.5 Å². The first kappa shape index (κ1) is 27.0. The fourth-order valence-electron chi connectivity index (χ4n) is 5.80. The molecule has 9 nitrogen and oxygen atoms in total. The number of carbonyl (C=O) groups is 1. The maximum Gasteiger partial charge on any atom is 0.304 e. The molecule has 2 aliphatic heterocycles. The van der Waals surface area contributed by atoms with Crippen molar-refractivity contribution in [1.29, 1.82) is 0 Å². The van der Waals surface area contributed by atoms with Crippen molar-refractivity contribution in [3.63, 3.8) is 0 Å². The molecule has 0 radical (unpaired) electrons. The van der Waals surface area contributed by atoms with E-state index in [0.717, 1.165) is 58.0 Å². The smallest absolute Gasteiger partial charge is 0.304 e. The summed E-state index contributed by atoms with van der Waals surface area (Å²) in [6.07, 6.45) is 5.61. The normalized spacial score (nSPS) is 20.4. The van der Waals surface area contributed by atoms with Gasteiger partial charge < -0.3 is 26.0 Å². The highest BCUT2D eigenvalue weighted by Crippen LogP contribution is 2.36. The van der Waals surface area contributed by atoms with Gasteiger partial charge in [0.2, 0.25) is 0 Å². The predicted molar refractivity (Wildman–Crippen MR) is 154 cm³/mol. The van der Waals surface area contributed by atoms with Crippen LogP contribution in [0.3, 0.4) is 0 Å². The summed E-state index contributed by atoms with van der Waals surface area (Å²) in [6.45, 7) is 5.91. The highest BCUT2D eigenvalue weighted by Gasteiger charge is 2.36. The van der Waals surface area contributed by atoms with E-state index in [1.807, 2.05) is 53.2 Å². The fourth-order valence-corrected chi connectivity index (χ4v) is 7.16. The van der Waals surface area contributed by atoms with Crippen LogP contribution >= 0.6 is 0 Å². The van der Waals surface area contributed by atoms with E-state index in [0.29, 0.717) is 24.6 Å². The van der Waals surface area contributed by atoms with Crippen molar-refractivity contribution in [2.75, 3.05) is 23.7 Å². The van der Waals surface area contributed by atoms with Gasteiger partial charge in [-0.25, -0.2) is 13.5 Å². The fraction of sp³-hybridized carbons (Fsp3) is 0.379. The van der Waals surface area contributed by atoms with Crippen LogP contribution < -0.4 is 16.4 Å². The average Bonchev–Trinajstić information content (AvgIpc) is 3.44. The minimum atomic E-state index is -1.36. The molecule has 2 aromatic heterocycles. The molecule has 5 N–H and O–H groups in total. The van der Waals surface area contributed by atoms with Gasteiger partial charge in [-0.05, 0) is 67.7 Å². The van der Waals surface area contributed by atoms with Crippen LogP contribution in [0.2, 0.25) is 0 Å². The summed E-state index contributed by atoms with van der Waals surface area (Å²) in [6, 6.07) is 12.0. The van der Waals surface area contributed by atoms with E-state index < -0.39 is 22.9 Å². The third kappa shape index (κ3) is 5.31. The van der Waals surface area contributed by atoms with E-state index in [1.165, 1.54) is 0 Å². The molecule has 1 fully saturated rings. The number of aliphatic carboxylic acids is 1. The van der Waals surface area contributed by atoms with Crippen molar-refractivity contribution >= 4 is 34.7 Å². The third-order valence-electron chi connectivity index (χ3n) is 7.83. The Kier molecular flexibility index (Phi) is 7.51. The molecule has 0 spiro atoms. The number of nitrogen functional groups attached to an aromatic ring is 1. The minimum absolute atomic E-state index is 0.0870. The SMILES string of the molecule is C/C(N)=C/c1cc(C(CC(=O)O)c2ccc(C)c(CN3CC4CCCN4c4ncccc4S3=O)c2)n(C)c1N. The number of benzene rings is 1. The number of hydrogen-bond acceptors (Lipinski definition) is 6. The zero-order valence-corrected chi connectivity index (χ0v) is 23.4. The second-order valence-electron chi connectivity index (χ2n) is 10.6. The number of nitrogens with two attached hydrogens (primary N) is 2. The molecule has 1 aromatic carbocycles. The van der Waals surface area contributed by atoms with Crippen LogP contribution in [-0.2, 0) is 29.4 Å². The lowest BCUT2D eigenvalue weighted by atomic mass is 9.89. The molecule has 3 atom stereocenters. The number of pyridine rings is 1. The van der Waals surface area contributed by atoms with E-state index in [4.69, 9.17) is 11.5 Å². The number of anilines is 2. The number of fused-ring (bicyclic) bond motifs is 3. The summed E-state index contributed by atoms with van der Waals surface area (Å²) in [4.78, 5) is 19.6. The van der Waals surface area contributed by atoms with Crippen molar-refractivity contribution in [3.8, 4) is 0 Å². The molecule has 3 unspecified atom stereocenters. The summed E-state index contributed by atoms with van der Waals surface area (Å²) in [5.41, 5.74) is 17.4. The number of aryl methyl sites for hydroxylation is 1. The van der Waals surface area contributed by atoms with Gasteiger partial charge in [-0.1, -0.05) is 18.2 Å². The second kappa shape index (κ2) is 10.9. The minimum Gasteiger partial charge on any atom is -0.481 e. The molecule has 2 aliphatic rings. The quantitative estimate of drug-likeness (QED) is 0.410. The summed E-state index contributed by atoms with van der Waals surface area (Å²) in [7, 11) is 0.481. The molecule has 206 valence electrons. The van der Waals surface area contributed by atoms with Crippen molar-refractivity contribution in [2.45, 2.75) is 56.5 Å². The number of hydrogen-bond donors (Lipinski definition) is 3. The van der Waals surface area contributed by atoms with Crippen molar-refractivity contribution < 1.29 is 14.1 Å². The molecule has 0 aliphatic carbocycles. The maximum absolute atomic E-state index is 13.8. The van der Waals surface area contributed by atoms with Crippen molar-refractivity contribution in [2.24, 2.45) is 12.8 Å². The van der Waals surface area contributed by atoms with Gasteiger partial charge in [-0.15, -0.1) is 0 Å². The Bertz CT molecular complexity index is 1460. The molecule has 0 saturated carbocycles. The molecule has 0 amide bonds. The van der Waals surface area contributed by atoms with Crippen molar-refractivity contribution in [1.82, 2.24) is 13.9 Å². The first-order valence-corrected chi connectivity index (χ1v) is 14.3. The number of aromatic nitrogens is 2. The summed E-state index contributed by atoms with van der Waals surface area (Å²) < 4.78 is 17.7. The van der Waals surface area contributed by atoms with Gasteiger partial charge in [-0.2, -0.15) is 0 Å². The van der Waals surface area contributed by atoms with Crippen LogP contribution in [-0.4, -0.2) is 48.3 Å². The Morgan fingerprint density at radius 3 is 2.85 bits per heavy atom. The number of nitrogens with zero attached hydrogens (tertiary/aromatic N) is 4. The van der Waals surface area contributed by atoms with Gasteiger partial charge in [0, 0.05) is 61.8 Å². The highest BCUT2D eigenvalue weighted by atomic mass is 32.2. The lowest BCUT2D eigenvalue weighted by Crippen LogP contribution is -2.38. The maximum atomic E-state index is 13.8. The first-order valence-electron chi connectivity index (χ1n) is 13.2. The molecule has 1 saturated heterocycles. The van der Waals surface area contributed by atoms with Gasteiger partial charge in [-0.3, -0.25) is 4.79 Å². The Morgan fingerprint density at radius 1 is 1.31 bits per heavy atom. The largest absolute Gasteiger partial charge is 0.481 e. The van der Waals surface area contributed by atoms with E-state index >= 15 is 0 Å². The molecule has 10 heteroatoms. The Morgan fingerprint density at radius 2 is 2.10 bits per heavy atom. The Labute approximate surface area is 231 Å².